The number of amides is 1. The molecule has 4 nitrogen and oxygen atoms in total. The number of Topliss-reactive ketones (excluding diaryl/α,β-unsaturated/α-hetero) is 1. The van der Waals surface area contributed by atoms with E-state index in [9.17, 15) is 9.59 Å². The van der Waals surface area contributed by atoms with Crippen molar-refractivity contribution in [3.8, 4) is 0 Å². The lowest BCUT2D eigenvalue weighted by Gasteiger charge is -2.25. The topological polar surface area (TPSA) is 46.6 Å². The minimum atomic E-state index is -0.0116. The van der Waals surface area contributed by atoms with Crippen molar-refractivity contribution in [1.29, 1.82) is 0 Å². The van der Waals surface area contributed by atoms with Gasteiger partial charge in [-0.1, -0.05) is 0 Å². The van der Waals surface area contributed by atoms with Crippen molar-refractivity contribution in [1.82, 2.24) is 5.06 Å². The van der Waals surface area contributed by atoms with Crippen LogP contribution in [0.3, 0.4) is 0 Å². The van der Waals surface area contributed by atoms with Crippen LogP contribution in [0.5, 0.6) is 0 Å². The Labute approximate surface area is 71.4 Å². The molecule has 0 radical (unpaired) electrons. The molecule has 1 amide bonds. The van der Waals surface area contributed by atoms with E-state index in [4.69, 9.17) is 4.84 Å². The highest BCUT2D eigenvalue weighted by Crippen LogP contribution is 2.07. The fourth-order valence-electron chi connectivity index (χ4n) is 1.04. The number of carbonyl (C=O) groups excluding carboxylic acids is 2. The van der Waals surface area contributed by atoms with E-state index in [1.165, 1.54) is 12.0 Å². The van der Waals surface area contributed by atoms with Crippen molar-refractivity contribution in [3.05, 3.63) is 0 Å². The maximum absolute atomic E-state index is 11.1. The van der Waals surface area contributed by atoms with E-state index in [0.717, 1.165) is 6.42 Å². The number of hydroxylamine groups is 2. The van der Waals surface area contributed by atoms with Gasteiger partial charge in [0.2, 0.25) is 5.91 Å². The Morgan fingerprint density at radius 2 is 2.42 bits per heavy atom. The van der Waals surface area contributed by atoms with Gasteiger partial charge in [-0.15, -0.1) is 0 Å². The molecule has 0 aromatic rings. The van der Waals surface area contributed by atoms with Crippen molar-refractivity contribution in [3.63, 3.8) is 0 Å². The van der Waals surface area contributed by atoms with Gasteiger partial charge in [-0.25, -0.2) is 5.06 Å². The molecule has 0 bridgehead atoms. The SMILES string of the molecule is CC(=O)CCN1OCCCC1=O. The summed E-state index contributed by atoms with van der Waals surface area (Å²) in [6.45, 7) is 2.49. The summed E-state index contributed by atoms with van der Waals surface area (Å²) < 4.78 is 0. The highest BCUT2D eigenvalue weighted by Gasteiger charge is 2.18. The molecule has 0 atom stereocenters. The molecule has 1 rings (SSSR count). The molecule has 1 saturated heterocycles. The number of rotatable bonds is 3. The Kier molecular flexibility index (Phi) is 3.22. The van der Waals surface area contributed by atoms with Gasteiger partial charge in [-0.2, -0.15) is 0 Å². The minimum Gasteiger partial charge on any atom is -0.300 e. The molecule has 0 aromatic heterocycles. The standard InChI is InChI=1S/C8H13NO3/c1-7(10)4-5-9-8(11)3-2-6-12-9/h2-6H2,1H3. The van der Waals surface area contributed by atoms with Crippen LogP contribution in [-0.2, 0) is 14.4 Å². The maximum Gasteiger partial charge on any atom is 0.246 e. The van der Waals surface area contributed by atoms with Gasteiger partial charge in [-0.3, -0.25) is 14.4 Å². The zero-order valence-electron chi connectivity index (χ0n) is 7.21. The van der Waals surface area contributed by atoms with Crippen LogP contribution < -0.4 is 0 Å². The maximum atomic E-state index is 11.1. The van der Waals surface area contributed by atoms with Gasteiger partial charge >= 0.3 is 0 Å². The summed E-state index contributed by atoms with van der Waals surface area (Å²) in [4.78, 5) is 26.8. The van der Waals surface area contributed by atoms with Crippen molar-refractivity contribution in [2.45, 2.75) is 26.2 Å². The number of hydrogen-bond acceptors (Lipinski definition) is 3. The van der Waals surface area contributed by atoms with Gasteiger partial charge < -0.3 is 0 Å². The van der Waals surface area contributed by atoms with Crippen molar-refractivity contribution in [2.75, 3.05) is 13.2 Å². The first-order chi connectivity index (χ1) is 5.70. The highest BCUT2D eigenvalue weighted by molar-refractivity contribution is 5.78. The van der Waals surface area contributed by atoms with Crippen LogP contribution in [0, 0.1) is 0 Å². The molecule has 1 fully saturated rings. The fourth-order valence-corrected chi connectivity index (χ4v) is 1.04. The van der Waals surface area contributed by atoms with E-state index < -0.39 is 0 Å². The Morgan fingerprint density at radius 1 is 1.67 bits per heavy atom. The van der Waals surface area contributed by atoms with Crippen LogP contribution >= 0.6 is 0 Å². The summed E-state index contributed by atoms with van der Waals surface area (Å²) in [5.41, 5.74) is 0. The lowest BCUT2D eigenvalue weighted by Crippen LogP contribution is -2.36. The molecular formula is C8H13NO3. The average molecular weight is 171 g/mol. The third-order valence-electron chi connectivity index (χ3n) is 1.73. The van der Waals surface area contributed by atoms with Crippen LogP contribution in [0.4, 0.5) is 0 Å². The number of nitrogens with zero attached hydrogens (tertiary/aromatic N) is 1. The number of hydrogen-bond donors (Lipinski definition) is 0. The summed E-state index contributed by atoms with van der Waals surface area (Å²) in [5.74, 6) is 0.0690. The summed E-state index contributed by atoms with van der Waals surface area (Å²) in [6, 6.07) is 0. The number of ketones is 1. The lowest BCUT2D eigenvalue weighted by atomic mass is 10.2. The Hall–Kier alpha value is -0.900. The lowest BCUT2D eigenvalue weighted by molar-refractivity contribution is -0.198. The largest absolute Gasteiger partial charge is 0.300 e. The second-order valence-corrected chi connectivity index (χ2v) is 2.88. The van der Waals surface area contributed by atoms with Crippen molar-refractivity contribution < 1.29 is 14.4 Å². The first-order valence-corrected chi connectivity index (χ1v) is 4.13. The van der Waals surface area contributed by atoms with E-state index in [2.05, 4.69) is 0 Å². The molecule has 0 spiro atoms. The van der Waals surface area contributed by atoms with Crippen LogP contribution in [-0.4, -0.2) is 29.9 Å². The molecule has 68 valence electrons. The van der Waals surface area contributed by atoms with Gasteiger partial charge in [0, 0.05) is 12.8 Å². The molecular weight excluding hydrogens is 158 g/mol. The Morgan fingerprint density at radius 3 is 3.00 bits per heavy atom. The van der Waals surface area contributed by atoms with Crippen LogP contribution in [0.1, 0.15) is 26.2 Å². The van der Waals surface area contributed by atoms with Gasteiger partial charge in [0.05, 0.1) is 13.2 Å². The summed E-state index contributed by atoms with van der Waals surface area (Å²) in [6.07, 6.45) is 1.71. The monoisotopic (exact) mass is 171 g/mol. The second kappa shape index (κ2) is 4.21. The minimum absolute atomic E-state index is 0.0116. The van der Waals surface area contributed by atoms with Crippen molar-refractivity contribution >= 4 is 11.7 Å². The third kappa shape index (κ3) is 2.62. The van der Waals surface area contributed by atoms with E-state index in [0.29, 0.717) is 26.0 Å². The molecule has 0 saturated carbocycles. The first-order valence-electron chi connectivity index (χ1n) is 4.13. The summed E-state index contributed by atoms with van der Waals surface area (Å²) >= 11 is 0. The van der Waals surface area contributed by atoms with E-state index >= 15 is 0 Å². The quantitative estimate of drug-likeness (QED) is 0.622. The van der Waals surface area contributed by atoms with Gasteiger partial charge in [0.1, 0.15) is 5.78 Å². The molecule has 0 N–H and O–H groups in total. The molecule has 0 aromatic carbocycles. The summed E-state index contributed by atoms with van der Waals surface area (Å²) in [7, 11) is 0. The predicted molar refractivity (Wildman–Crippen MR) is 42.2 cm³/mol. The van der Waals surface area contributed by atoms with Crippen LogP contribution in [0.25, 0.3) is 0 Å². The van der Waals surface area contributed by atoms with E-state index in [1.807, 2.05) is 0 Å². The zero-order chi connectivity index (χ0) is 8.97. The fraction of sp³-hybridized carbons (Fsp3) is 0.750. The molecule has 0 unspecified atom stereocenters. The van der Waals surface area contributed by atoms with Gasteiger partial charge in [0.25, 0.3) is 0 Å². The zero-order valence-corrected chi connectivity index (χ0v) is 7.21. The normalized spacial score (nSPS) is 18.1. The van der Waals surface area contributed by atoms with Gasteiger partial charge in [-0.05, 0) is 13.3 Å². The Balaban J connectivity index is 2.29. The van der Waals surface area contributed by atoms with Gasteiger partial charge in [0.15, 0.2) is 0 Å². The molecule has 1 aliphatic rings. The first kappa shape index (κ1) is 9.19. The second-order valence-electron chi connectivity index (χ2n) is 2.88. The molecule has 0 aliphatic carbocycles. The van der Waals surface area contributed by atoms with Crippen LogP contribution in [0.2, 0.25) is 0 Å². The number of carbonyl (C=O) groups is 2. The molecule has 1 aliphatic heterocycles. The Bertz CT molecular complexity index is 191. The summed E-state index contributed by atoms with van der Waals surface area (Å²) in [5, 5.41) is 1.30. The molecule has 4 heteroatoms. The van der Waals surface area contributed by atoms with E-state index in [1.54, 1.807) is 0 Å². The highest BCUT2D eigenvalue weighted by atomic mass is 16.7. The molecule has 1 heterocycles. The van der Waals surface area contributed by atoms with E-state index in [-0.39, 0.29) is 11.7 Å². The average Bonchev–Trinajstić information content (AvgIpc) is 2.03. The smallest absolute Gasteiger partial charge is 0.246 e. The molecule has 12 heavy (non-hydrogen) atoms. The third-order valence-corrected chi connectivity index (χ3v) is 1.73. The van der Waals surface area contributed by atoms with Crippen molar-refractivity contribution in [2.24, 2.45) is 0 Å². The predicted octanol–water partition coefficient (Wildman–Crippen LogP) is 0.520. The van der Waals surface area contributed by atoms with Crippen LogP contribution in [0.15, 0.2) is 0 Å².